The number of benzene rings is 1. The molecule has 13 nitrogen and oxygen atoms in total. The van der Waals surface area contributed by atoms with Crippen LogP contribution in [0, 0.1) is 37.0 Å². The predicted octanol–water partition coefficient (Wildman–Crippen LogP) is 4.81. The van der Waals surface area contributed by atoms with E-state index >= 15 is 0 Å². The number of carbonyl (C=O) groups excluding carboxylic acids is 1. The molecule has 3 fully saturated rings. The molecule has 0 radical (unpaired) electrons. The van der Waals surface area contributed by atoms with E-state index in [1.165, 1.54) is 0 Å². The van der Waals surface area contributed by atoms with E-state index < -0.39 is 0 Å². The molecule has 14 heteroatoms. The smallest absolute Gasteiger partial charge is 0.257 e. The maximum Gasteiger partial charge on any atom is 0.257 e. The molecule has 0 saturated carbocycles. The molecule has 3 atom stereocenters. The molecular formula is C39H47ClN8O5. The van der Waals surface area contributed by atoms with Gasteiger partial charge in [-0.15, -0.1) is 0 Å². The molecule has 3 unspecified atom stereocenters. The van der Waals surface area contributed by atoms with Crippen LogP contribution in [-0.4, -0.2) is 69.6 Å². The number of halogens is 1. The molecule has 6 heterocycles. The van der Waals surface area contributed by atoms with Crippen LogP contribution in [0.15, 0.2) is 55.0 Å². The second-order valence-corrected chi connectivity index (χ2v) is 12.6. The van der Waals surface area contributed by atoms with Gasteiger partial charge >= 0.3 is 0 Å². The van der Waals surface area contributed by atoms with Crippen molar-refractivity contribution in [2.45, 2.75) is 72.9 Å². The third-order valence-corrected chi connectivity index (χ3v) is 8.72. The summed E-state index contributed by atoms with van der Waals surface area (Å²) in [5.74, 6) is 7.09. The molecule has 3 aliphatic heterocycles. The van der Waals surface area contributed by atoms with E-state index in [1.54, 1.807) is 62.8 Å². The maximum atomic E-state index is 13.1. The largest absolute Gasteiger partial charge is 0.506 e. The molecule has 7 N–H and O–H groups in total. The molecule has 1 aromatic carbocycles. The molecule has 280 valence electrons. The number of ether oxygens (including phenoxy) is 2. The number of hydrogen-bond donors (Lipinski definition) is 5. The Bertz CT molecular complexity index is 1980. The fourth-order valence-electron chi connectivity index (χ4n) is 5.10. The van der Waals surface area contributed by atoms with Crippen molar-refractivity contribution in [1.29, 1.82) is 5.26 Å². The van der Waals surface area contributed by atoms with Gasteiger partial charge < -0.3 is 30.7 Å². The van der Waals surface area contributed by atoms with E-state index in [0.29, 0.717) is 62.0 Å². The molecule has 3 aromatic heterocycles. The SMILES string of the molecule is C.C.Cc1ncc(OC2CCN2)cc1C(=O)Nc1cc(C#N)cc(C#Cc2cc(CC3CCN3)cnc2Cl)c1.Cc1ncc(OC2CCN2)cc1O.O. The van der Waals surface area contributed by atoms with E-state index in [2.05, 4.69) is 54.1 Å². The molecule has 4 aromatic rings. The summed E-state index contributed by atoms with van der Waals surface area (Å²) in [6.07, 6.45) is 8.95. The zero-order valence-corrected chi connectivity index (χ0v) is 29.0. The standard InChI is InChI=1S/C28H25ClN6O2.C9H12N2O2.2CH4.H2O/c1-17-25(13-24(16-33-17)37-26-5-7-32-26)28(36)35-23-10-18(8-19(11-23)14-30)2-3-21-9-20(15-34-27(21)29)12-22-4-6-31-22;1-6-8(12)4-7(5-11-6)13-9-2-3-10-9;;;/h8-11,13,15-16,22,26,31-32H,4-7,12H2,1H3,(H,35,36);4-5,9-10,12H,2-3H2,1H3;2*1H4;1H2. The number of hydrogen-bond acceptors (Lipinski definition) is 11. The van der Waals surface area contributed by atoms with Crippen molar-refractivity contribution < 1.29 is 24.9 Å². The second kappa shape index (κ2) is 19.5. The lowest BCUT2D eigenvalue weighted by molar-refractivity contribution is 0.0967. The average molecular weight is 743 g/mol. The van der Waals surface area contributed by atoms with Crippen LogP contribution in [0.5, 0.6) is 17.2 Å². The first-order valence-electron chi connectivity index (χ1n) is 16.4. The van der Waals surface area contributed by atoms with Crippen LogP contribution in [0.2, 0.25) is 5.15 Å². The van der Waals surface area contributed by atoms with Gasteiger partial charge in [-0.05, 0) is 69.1 Å². The van der Waals surface area contributed by atoms with Crippen LogP contribution in [-0.2, 0) is 6.42 Å². The van der Waals surface area contributed by atoms with Crippen LogP contribution in [0.25, 0.3) is 0 Å². The van der Waals surface area contributed by atoms with Gasteiger partial charge in [-0.25, -0.2) is 4.98 Å². The fraction of sp³-hybridized carbons (Fsp3) is 0.359. The van der Waals surface area contributed by atoms with Crippen molar-refractivity contribution in [3.05, 3.63) is 99.3 Å². The van der Waals surface area contributed by atoms with Gasteiger partial charge in [0.25, 0.3) is 5.91 Å². The number of nitrogens with zero attached hydrogens (tertiary/aromatic N) is 4. The minimum Gasteiger partial charge on any atom is -0.506 e. The van der Waals surface area contributed by atoms with Gasteiger partial charge in [-0.2, -0.15) is 5.26 Å². The summed E-state index contributed by atoms with van der Waals surface area (Å²) in [6.45, 7) is 6.45. The van der Waals surface area contributed by atoms with Gasteiger partial charge in [0.05, 0.1) is 46.5 Å². The Morgan fingerprint density at radius 3 is 2.04 bits per heavy atom. The van der Waals surface area contributed by atoms with Gasteiger partial charge in [0.1, 0.15) is 22.4 Å². The van der Waals surface area contributed by atoms with Crippen LogP contribution in [0.3, 0.4) is 0 Å². The van der Waals surface area contributed by atoms with E-state index in [4.69, 9.17) is 21.1 Å². The van der Waals surface area contributed by atoms with Crippen molar-refractivity contribution in [1.82, 2.24) is 30.9 Å². The third-order valence-electron chi connectivity index (χ3n) is 8.42. The molecule has 0 aliphatic carbocycles. The van der Waals surface area contributed by atoms with Crippen LogP contribution in [0.4, 0.5) is 5.69 Å². The molecule has 3 aliphatic rings. The fourth-order valence-corrected chi connectivity index (χ4v) is 5.25. The average Bonchev–Trinajstić information content (AvgIpc) is 3.05. The van der Waals surface area contributed by atoms with E-state index in [9.17, 15) is 15.2 Å². The zero-order valence-electron chi connectivity index (χ0n) is 28.2. The summed E-state index contributed by atoms with van der Waals surface area (Å²) in [6, 6.07) is 12.8. The van der Waals surface area contributed by atoms with Crippen molar-refractivity contribution >= 4 is 23.2 Å². The molecule has 53 heavy (non-hydrogen) atoms. The maximum absolute atomic E-state index is 13.1. The minimum absolute atomic E-state index is 0. The highest BCUT2D eigenvalue weighted by atomic mass is 35.5. The predicted molar refractivity (Wildman–Crippen MR) is 205 cm³/mol. The van der Waals surface area contributed by atoms with E-state index in [1.807, 2.05) is 6.07 Å². The highest BCUT2D eigenvalue weighted by Crippen LogP contribution is 2.23. The third kappa shape index (κ3) is 11.4. The number of anilines is 1. The Morgan fingerprint density at radius 1 is 0.868 bits per heavy atom. The van der Waals surface area contributed by atoms with Crippen molar-refractivity contribution in [2.24, 2.45) is 0 Å². The quantitative estimate of drug-likeness (QED) is 0.123. The summed E-state index contributed by atoms with van der Waals surface area (Å²) < 4.78 is 11.2. The van der Waals surface area contributed by atoms with Gasteiger partial charge in [-0.1, -0.05) is 38.3 Å². The Balaban J connectivity index is 0.000000400. The summed E-state index contributed by atoms with van der Waals surface area (Å²) in [5, 5.41) is 31.7. The summed E-state index contributed by atoms with van der Waals surface area (Å²) >= 11 is 6.29. The molecule has 7 rings (SSSR count). The van der Waals surface area contributed by atoms with Crippen molar-refractivity contribution in [3.8, 4) is 35.2 Å². The van der Waals surface area contributed by atoms with E-state index in [0.717, 1.165) is 50.9 Å². The molecular weight excluding hydrogens is 696 g/mol. The van der Waals surface area contributed by atoms with Gasteiger partial charge in [-0.3, -0.25) is 25.4 Å². The number of amides is 1. The summed E-state index contributed by atoms with van der Waals surface area (Å²) in [5.41, 5.74) is 4.66. The number of aromatic hydroxyl groups is 1. The molecule has 0 bridgehead atoms. The van der Waals surface area contributed by atoms with Gasteiger partial charge in [0.15, 0.2) is 12.5 Å². The first-order valence-corrected chi connectivity index (χ1v) is 16.8. The summed E-state index contributed by atoms with van der Waals surface area (Å²) in [4.78, 5) is 25.6. The molecule has 1 amide bonds. The Labute approximate surface area is 315 Å². The zero-order chi connectivity index (χ0) is 35.0. The Kier molecular flexibility index (Phi) is 15.5. The number of pyridine rings is 3. The first kappa shape index (κ1) is 42.1. The van der Waals surface area contributed by atoms with Gasteiger partial charge in [0, 0.05) is 55.5 Å². The number of aryl methyl sites for hydroxylation is 2. The van der Waals surface area contributed by atoms with E-state index in [-0.39, 0.29) is 44.4 Å². The highest BCUT2D eigenvalue weighted by Gasteiger charge is 2.21. The minimum atomic E-state index is -0.351. The molecule has 0 spiro atoms. The number of nitrogens with one attached hydrogen (secondary N) is 4. The number of rotatable bonds is 8. The Hall–Kier alpha value is -5.28. The number of nitriles is 1. The van der Waals surface area contributed by atoms with Crippen molar-refractivity contribution in [2.75, 3.05) is 25.0 Å². The van der Waals surface area contributed by atoms with Crippen molar-refractivity contribution in [3.63, 3.8) is 0 Å². The topological polar surface area (TPSA) is 198 Å². The second-order valence-electron chi connectivity index (χ2n) is 12.2. The Morgan fingerprint density at radius 2 is 1.47 bits per heavy atom. The normalized spacial score (nSPS) is 17.6. The lowest BCUT2D eigenvalue weighted by atomic mass is 9.98. The van der Waals surface area contributed by atoms with Crippen LogP contribution < -0.4 is 30.7 Å². The van der Waals surface area contributed by atoms with Crippen LogP contribution in [0.1, 0.15) is 78.1 Å². The lowest BCUT2D eigenvalue weighted by Crippen LogP contribution is -2.46. The van der Waals surface area contributed by atoms with Crippen LogP contribution >= 0.6 is 11.6 Å². The monoisotopic (exact) mass is 742 g/mol. The number of carbonyl (C=O) groups is 1. The lowest BCUT2D eigenvalue weighted by Gasteiger charge is -2.28. The van der Waals surface area contributed by atoms with Gasteiger partial charge in [0.2, 0.25) is 0 Å². The molecule has 3 saturated heterocycles. The first-order chi connectivity index (χ1) is 24.2. The highest BCUT2D eigenvalue weighted by molar-refractivity contribution is 6.30. The number of aromatic nitrogens is 3. The summed E-state index contributed by atoms with van der Waals surface area (Å²) in [7, 11) is 0.